The van der Waals surface area contributed by atoms with E-state index < -0.39 is 0 Å². The summed E-state index contributed by atoms with van der Waals surface area (Å²) < 4.78 is 1.65. The lowest BCUT2D eigenvalue weighted by molar-refractivity contribution is -0.119. The Morgan fingerprint density at radius 2 is 2.09 bits per heavy atom. The van der Waals surface area contributed by atoms with Crippen LogP contribution in [0.1, 0.15) is 32.6 Å². The first kappa shape index (κ1) is 16.0. The van der Waals surface area contributed by atoms with Gasteiger partial charge in [-0.25, -0.2) is 0 Å². The van der Waals surface area contributed by atoms with Crippen LogP contribution in [0.25, 0.3) is 5.69 Å². The van der Waals surface area contributed by atoms with Gasteiger partial charge >= 0.3 is 0 Å². The maximum atomic E-state index is 12.2. The van der Waals surface area contributed by atoms with E-state index in [2.05, 4.69) is 27.8 Å². The van der Waals surface area contributed by atoms with Crippen molar-refractivity contribution < 1.29 is 4.79 Å². The van der Waals surface area contributed by atoms with Gasteiger partial charge in [0.1, 0.15) is 0 Å². The summed E-state index contributed by atoms with van der Waals surface area (Å²) in [5.74, 6) is 0.944. The zero-order chi connectivity index (χ0) is 16.1. The summed E-state index contributed by atoms with van der Waals surface area (Å²) in [7, 11) is 0. The van der Waals surface area contributed by atoms with E-state index >= 15 is 0 Å². The molecule has 0 spiro atoms. The summed E-state index contributed by atoms with van der Waals surface area (Å²) in [5, 5.41) is 15.5. The van der Waals surface area contributed by atoms with Crippen molar-refractivity contribution in [2.24, 2.45) is 5.92 Å². The first-order valence-corrected chi connectivity index (χ1v) is 8.98. The molecular weight excluding hydrogens is 310 g/mol. The fourth-order valence-electron chi connectivity index (χ4n) is 2.91. The molecule has 3 rings (SSSR count). The highest BCUT2D eigenvalue weighted by atomic mass is 32.2. The molecule has 0 saturated heterocycles. The molecule has 2 aromatic rings. The Bertz CT molecular complexity index is 645. The predicted molar refractivity (Wildman–Crippen MR) is 89.4 cm³/mol. The highest BCUT2D eigenvalue weighted by Crippen LogP contribution is 2.24. The molecule has 6 nitrogen and oxygen atoms in total. The Morgan fingerprint density at radius 3 is 2.87 bits per heavy atom. The third kappa shape index (κ3) is 4.10. The molecule has 1 N–H and O–H groups in total. The monoisotopic (exact) mass is 331 g/mol. The molecule has 1 fully saturated rings. The van der Waals surface area contributed by atoms with Crippen LogP contribution >= 0.6 is 11.8 Å². The lowest BCUT2D eigenvalue weighted by Crippen LogP contribution is -2.41. The maximum absolute atomic E-state index is 12.2. The molecule has 7 heteroatoms. The van der Waals surface area contributed by atoms with Gasteiger partial charge in [0.05, 0.1) is 11.4 Å². The van der Waals surface area contributed by atoms with Gasteiger partial charge in [0.25, 0.3) is 0 Å². The Balaban J connectivity index is 1.57. The number of amides is 1. The molecule has 1 aromatic carbocycles. The quantitative estimate of drug-likeness (QED) is 0.852. The first-order valence-electron chi connectivity index (χ1n) is 8.00. The minimum absolute atomic E-state index is 0.0522. The number of nitrogens with zero attached hydrogens (tertiary/aromatic N) is 4. The molecule has 2 atom stereocenters. The van der Waals surface area contributed by atoms with Crippen molar-refractivity contribution in [3.8, 4) is 5.69 Å². The van der Waals surface area contributed by atoms with Crippen molar-refractivity contribution in [1.29, 1.82) is 0 Å². The minimum Gasteiger partial charge on any atom is -0.352 e. The van der Waals surface area contributed by atoms with Gasteiger partial charge in [-0.3, -0.25) is 4.79 Å². The number of tetrazole rings is 1. The van der Waals surface area contributed by atoms with Crippen molar-refractivity contribution in [3.05, 3.63) is 30.3 Å². The van der Waals surface area contributed by atoms with Gasteiger partial charge in [-0.1, -0.05) is 49.7 Å². The van der Waals surface area contributed by atoms with Crippen LogP contribution in [0.4, 0.5) is 0 Å². The molecule has 0 aliphatic heterocycles. The third-order valence-corrected chi connectivity index (χ3v) is 5.15. The second-order valence-electron chi connectivity index (χ2n) is 5.93. The summed E-state index contributed by atoms with van der Waals surface area (Å²) in [6.07, 6.45) is 4.76. The van der Waals surface area contributed by atoms with Crippen molar-refractivity contribution >= 4 is 17.7 Å². The molecule has 0 bridgehead atoms. The maximum Gasteiger partial charge on any atom is 0.230 e. The zero-order valence-corrected chi connectivity index (χ0v) is 14.0. The molecule has 1 amide bonds. The highest BCUT2D eigenvalue weighted by Gasteiger charge is 2.23. The molecular formula is C16H21N5OS. The van der Waals surface area contributed by atoms with E-state index in [4.69, 9.17) is 0 Å². The Morgan fingerprint density at radius 1 is 1.30 bits per heavy atom. The van der Waals surface area contributed by atoms with E-state index in [-0.39, 0.29) is 5.91 Å². The van der Waals surface area contributed by atoms with Gasteiger partial charge < -0.3 is 5.32 Å². The number of rotatable bonds is 5. The fraction of sp³-hybridized carbons (Fsp3) is 0.500. The van der Waals surface area contributed by atoms with Crippen molar-refractivity contribution in [3.63, 3.8) is 0 Å². The largest absolute Gasteiger partial charge is 0.352 e. The Kier molecular flexibility index (Phi) is 5.27. The molecule has 1 heterocycles. The molecule has 23 heavy (non-hydrogen) atoms. The number of benzene rings is 1. The number of para-hydroxylation sites is 1. The van der Waals surface area contributed by atoms with Gasteiger partial charge in [-0.2, -0.15) is 4.68 Å². The summed E-state index contributed by atoms with van der Waals surface area (Å²) in [4.78, 5) is 12.2. The average molecular weight is 331 g/mol. The number of carbonyl (C=O) groups is 1. The highest BCUT2D eigenvalue weighted by molar-refractivity contribution is 7.99. The lowest BCUT2D eigenvalue weighted by Gasteiger charge is -2.29. The van der Waals surface area contributed by atoms with Crippen molar-refractivity contribution in [1.82, 2.24) is 25.5 Å². The molecule has 1 saturated carbocycles. The molecule has 1 aromatic heterocycles. The van der Waals surface area contributed by atoms with Gasteiger partial charge in [-0.15, -0.1) is 5.10 Å². The zero-order valence-electron chi connectivity index (χ0n) is 13.2. The van der Waals surface area contributed by atoms with Crippen LogP contribution in [0.2, 0.25) is 0 Å². The normalized spacial score (nSPS) is 21.1. The Hall–Kier alpha value is -1.89. The summed E-state index contributed by atoms with van der Waals surface area (Å²) in [6.45, 7) is 2.22. The summed E-state index contributed by atoms with van der Waals surface area (Å²) >= 11 is 1.36. The molecule has 1 aliphatic rings. The standard InChI is InChI=1S/C16H21N5OS/c1-12-7-5-6-10-14(12)17-15(22)11-23-16-18-19-20-21(16)13-8-3-2-4-9-13/h2-4,8-9,12,14H,5-7,10-11H2,1H3,(H,17,22)/t12-,14-/m1/s1. The van der Waals surface area contributed by atoms with Crippen molar-refractivity contribution in [2.75, 3.05) is 5.75 Å². The SMILES string of the molecule is C[C@@H]1CCCC[C@H]1NC(=O)CSc1nnnn1-c1ccccc1. The number of carbonyl (C=O) groups excluding carboxylic acids is 1. The third-order valence-electron chi connectivity index (χ3n) is 4.23. The van der Waals surface area contributed by atoms with E-state index in [9.17, 15) is 4.79 Å². The molecule has 0 radical (unpaired) electrons. The van der Waals surface area contributed by atoms with Gasteiger partial charge in [0.2, 0.25) is 11.1 Å². The summed E-state index contributed by atoms with van der Waals surface area (Å²) in [6, 6.07) is 9.99. The minimum atomic E-state index is 0.0522. The van der Waals surface area contributed by atoms with Crippen LogP contribution in [0.15, 0.2) is 35.5 Å². The molecule has 1 aliphatic carbocycles. The van der Waals surface area contributed by atoms with Gasteiger partial charge in [0.15, 0.2) is 0 Å². The van der Waals surface area contributed by atoms with Crippen LogP contribution in [0.5, 0.6) is 0 Å². The molecule has 0 unspecified atom stereocenters. The topological polar surface area (TPSA) is 72.7 Å². The van der Waals surface area contributed by atoms with Crippen LogP contribution in [0, 0.1) is 5.92 Å². The van der Waals surface area contributed by atoms with Crippen LogP contribution < -0.4 is 5.32 Å². The predicted octanol–water partition coefficient (Wildman–Crippen LogP) is 2.45. The lowest BCUT2D eigenvalue weighted by atomic mass is 9.86. The number of nitrogens with one attached hydrogen (secondary N) is 1. The fourth-order valence-corrected chi connectivity index (χ4v) is 3.61. The van der Waals surface area contributed by atoms with Crippen LogP contribution in [-0.4, -0.2) is 37.9 Å². The smallest absolute Gasteiger partial charge is 0.230 e. The number of hydrogen-bond acceptors (Lipinski definition) is 5. The molecule has 122 valence electrons. The van der Waals surface area contributed by atoms with Crippen molar-refractivity contribution in [2.45, 2.75) is 43.8 Å². The second kappa shape index (κ2) is 7.59. The Labute approximate surface area is 140 Å². The van der Waals surface area contributed by atoms with Gasteiger partial charge in [-0.05, 0) is 41.3 Å². The van der Waals surface area contributed by atoms with Gasteiger partial charge in [0, 0.05) is 6.04 Å². The van der Waals surface area contributed by atoms with E-state index in [0.29, 0.717) is 22.9 Å². The first-order chi connectivity index (χ1) is 11.2. The van der Waals surface area contributed by atoms with E-state index in [1.165, 1.54) is 31.0 Å². The van der Waals surface area contributed by atoms with E-state index in [1.807, 2.05) is 30.3 Å². The second-order valence-corrected chi connectivity index (χ2v) is 6.88. The van der Waals surface area contributed by atoms with E-state index in [0.717, 1.165) is 12.1 Å². The number of thioether (sulfide) groups is 1. The number of aromatic nitrogens is 4. The van der Waals surface area contributed by atoms with Crippen LogP contribution in [-0.2, 0) is 4.79 Å². The van der Waals surface area contributed by atoms with Crippen LogP contribution in [0.3, 0.4) is 0 Å². The number of hydrogen-bond donors (Lipinski definition) is 1. The average Bonchev–Trinajstić information content (AvgIpc) is 3.04. The summed E-state index contributed by atoms with van der Waals surface area (Å²) in [5.41, 5.74) is 0.890. The van der Waals surface area contributed by atoms with E-state index in [1.54, 1.807) is 4.68 Å².